The summed E-state index contributed by atoms with van der Waals surface area (Å²) in [7, 11) is 0. The molecule has 1 N–H and O–H groups in total. The molecule has 1 heterocycles. The second-order valence-electron chi connectivity index (χ2n) is 3.05. The largest absolute Gasteiger partial charge is 0.475 e. The van der Waals surface area contributed by atoms with Crippen LogP contribution >= 0.6 is 0 Å². The maximum absolute atomic E-state index is 11.2. The fourth-order valence-corrected chi connectivity index (χ4v) is 1.28. The van der Waals surface area contributed by atoms with Crippen LogP contribution in [-0.2, 0) is 4.79 Å². The van der Waals surface area contributed by atoms with Crippen LogP contribution < -0.4 is 0 Å². The first-order chi connectivity index (χ1) is 7.68. The number of benzene rings is 1. The molecule has 0 aliphatic heterocycles. The summed E-state index contributed by atoms with van der Waals surface area (Å²) in [5.41, 5.74) is 0.667. The molecule has 2 rings (SSSR count). The summed E-state index contributed by atoms with van der Waals surface area (Å²) in [5.74, 6) is -2.09. The van der Waals surface area contributed by atoms with Crippen LogP contribution in [0.5, 0.6) is 0 Å². The van der Waals surface area contributed by atoms with Gasteiger partial charge in [-0.05, 0) is 12.1 Å². The fourth-order valence-electron chi connectivity index (χ4n) is 1.28. The summed E-state index contributed by atoms with van der Waals surface area (Å²) in [4.78, 5) is 25.6. The first-order valence-corrected chi connectivity index (χ1v) is 4.46. The van der Waals surface area contributed by atoms with E-state index in [-0.39, 0.29) is 5.56 Å². The lowest BCUT2D eigenvalue weighted by Crippen LogP contribution is -2.12. The number of carbonyl (C=O) groups excluding carboxylic acids is 1. The molecule has 0 aliphatic rings. The van der Waals surface area contributed by atoms with E-state index in [9.17, 15) is 9.59 Å². The first-order valence-electron chi connectivity index (χ1n) is 4.46. The molecule has 0 fully saturated rings. The predicted molar refractivity (Wildman–Crippen MR) is 53.9 cm³/mol. The van der Waals surface area contributed by atoms with Crippen molar-refractivity contribution < 1.29 is 19.1 Å². The third kappa shape index (κ3) is 1.83. The van der Waals surface area contributed by atoms with Crippen molar-refractivity contribution in [2.24, 2.45) is 0 Å². The van der Waals surface area contributed by atoms with Crippen molar-refractivity contribution in [3.63, 3.8) is 0 Å². The number of aliphatic carboxylic acids is 1. The molecule has 0 saturated heterocycles. The average Bonchev–Trinajstić information content (AvgIpc) is 2.81. The minimum absolute atomic E-state index is 0.100. The second kappa shape index (κ2) is 3.98. The molecule has 1 aromatic carbocycles. The lowest BCUT2D eigenvalue weighted by atomic mass is 10.1. The van der Waals surface area contributed by atoms with Crippen molar-refractivity contribution in [2.75, 3.05) is 0 Å². The Hall–Kier alpha value is -2.43. The normalized spacial score (nSPS) is 10.0. The van der Waals surface area contributed by atoms with E-state index in [0.717, 1.165) is 0 Å². The quantitative estimate of drug-likeness (QED) is 0.624. The van der Waals surface area contributed by atoms with Crippen LogP contribution in [-0.4, -0.2) is 21.8 Å². The molecule has 0 unspecified atom stereocenters. The van der Waals surface area contributed by atoms with Gasteiger partial charge in [-0.25, -0.2) is 9.78 Å². The number of hydrogen-bond acceptors (Lipinski definition) is 4. The van der Waals surface area contributed by atoms with E-state index < -0.39 is 11.8 Å². The summed E-state index contributed by atoms with van der Waals surface area (Å²) >= 11 is 0. The molecule has 0 radical (unpaired) electrons. The van der Waals surface area contributed by atoms with Gasteiger partial charge in [0, 0.05) is 11.1 Å². The number of hydrogen-bond donors (Lipinski definition) is 1. The molecule has 0 atom stereocenters. The van der Waals surface area contributed by atoms with Gasteiger partial charge in [-0.15, -0.1) is 0 Å². The Morgan fingerprint density at radius 1 is 1.31 bits per heavy atom. The smallest absolute Gasteiger partial charge is 0.377 e. The highest BCUT2D eigenvalue weighted by Crippen LogP contribution is 2.18. The van der Waals surface area contributed by atoms with E-state index in [2.05, 4.69) is 4.98 Å². The number of carbonyl (C=O) groups is 2. The molecular formula is C11H7NO4. The molecule has 0 amide bonds. The van der Waals surface area contributed by atoms with Crippen LogP contribution in [0, 0.1) is 0 Å². The van der Waals surface area contributed by atoms with Gasteiger partial charge in [0.2, 0.25) is 5.89 Å². The molecule has 1 aromatic heterocycles. The minimum atomic E-state index is -1.48. The van der Waals surface area contributed by atoms with Crippen LogP contribution in [0.15, 0.2) is 41.1 Å². The molecule has 16 heavy (non-hydrogen) atoms. The van der Waals surface area contributed by atoms with Gasteiger partial charge in [0.05, 0.1) is 6.20 Å². The van der Waals surface area contributed by atoms with Gasteiger partial charge in [-0.1, -0.05) is 12.1 Å². The molecule has 2 aromatic rings. The summed E-state index contributed by atoms with van der Waals surface area (Å²) < 4.78 is 5.04. The van der Waals surface area contributed by atoms with Crippen molar-refractivity contribution in [3.8, 4) is 11.5 Å². The van der Waals surface area contributed by atoms with Gasteiger partial charge >= 0.3 is 5.97 Å². The lowest BCUT2D eigenvalue weighted by Gasteiger charge is -1.98. The second-order valence-corrected chi connectivity index (χ2v) is 3.05. The van der Waals surface area contributed by atoms with E-state index in [1.54, 1.807) is 12.1 Å². The van der Waals surface area contributed by atoms with E-state index in [0.29, 0.717) is 11.5 Å². The van der Waals surface area contributed by atoms with Crippen LogP contribution in [0.3, 0.4) is 0 Å². The number of rotatable bonds is 3. The number of ketones is 1. The Labute approximate surface area is 90.3 Å². The Bertz CT molecular complexity index is 531. The third-order valence-corrected chi connectivity index (χ3v) is 2.00. The third-order valence-electron chi connectivity index (χ3n) is 2.00. The van der Waals surface area contributed by atoms with Gasteiger partial charge in [0.25, 0.3) is 5.78 Å². The van der Waals surface area contributed by atoms with Gasteiger partial charge in [-0.3, -0.25) is 4.79 Å². The lowest BCUT2D eigenvalue weighted by molar-refractivity contribution is -0.131. The van der Waals surface area contributed by atoms with Gasteiger partial charge < -0.3 is 9.52 Å². The van der Waals surface area contributed by atoms with Crippen LogP contribution in [0.2, 0.25) is 0 Å². The van der Waals surface area contributed by atoms with Crippen molar-refractivity contribution in [1.82, 2.24) is 4.98 Å². The molecular weight excluding hydrogens is 210 g/mol. The topological polar surface area (TPSA) is 80.4 Å². The van der Waals surface area contributed by atoms with Crippen molar-refractivity contribution in [1.29, 1.82) is 0 Å². The number of aromatic nitrogens is 1. The molecule has 0 spiro atoms. The molecule has 5 heteroatoms. The highest BCUT2D eigenvalue weighted by atomic mass is 16.4. The van der Waals surface area contributed by atoms with Crippen molar-refractivity contribution in [2.45, 2.75) is 0 Å². The zero-order valence-corrected chi connectivity index (χ0v) is 8.08. The number of carboxylic acid groups (broad SMARTS) is 1. The van der Waals surface area contributed by atoms with Crippen molar-refractivity contribution in [3.05, 3.63) is 42.3 Å². The molecule has 0 bridgehead atoms. The van der Waals surface area contributed by atoms with E-state index in [1.165, 1.54) is 24.6 Å². The Kier molecular flexibility index (Phi) is 2.51. The SMILES string of the molecule is O=C(O)C(=O)c1cccc(-c2ncco2)c1. The Balaban J connectivity index is 2.41. The Morgan fingerprint density at radius 2 is 2.12 bits per heavy atom. The van der Waals surface area contributed by atoms with Crippen LogP contribution in [0.4, 0.5) is 0 Å². The fraction of sp³-hybridized carbons (Fsp3) is 0. The molecule has 5 nitrogen and oxygen atoms in total. The summed E-state index contributed by atoms with van der Waals surface area (Å²) in [6.07, 6.45) is 2.88. The number of carboxylic acids is 1. The highest BCUT2D eigenvalue weighted by molar-refractivity contribution is 6.39. The molecule has 0 saturated carbocycles. The standard InChI is InChI=1S/C11H7NO4/c13-9(11(14)15)7-2-1-3-8(6-7)10-12-4-5-16-10/h1-6H,(H,14,15). The van der Waals surface area contributed by atoms with Crippen LogP contribution in [0.1, 0.15) is 10.4 Å². The highest BCUT2D eigenvalue weighted by Gasteiger charge is 2.15. The number of nitrogens with zero attached hydrogens (tertiary/aromatic N) is 1. The first kappa shape index (κ1) is 10.1. The van der Waals surface area contributed by atoms with Gasteiger partial charge in [-0.2, -0.15) is 0 Å². The van der Waals surface area contributed by atoms with Crippen LogP contribution in [0.25, 0.3) is 11.5 Å². The van der Waals surface area contributed by atoms with Crippen molar-refractivity contribution >= 4 is 11.8 Å². The zero-order chi connectivity index (χ0) is 11.5. The number of oxazole rings is 1. The predicted octanol–water partition coefficient (Wildman–Crippen LogP) is 1.61. The monoisotopic (exact) mass is 217 g/mol. The summed E-state index contributed by atoms with van der Waals surface area (Å²) in [5, 5.41) is 8.57. The molecule has 0 aliphatic carbocycles. The molecule has 80 valence electrons. The van der Waals surface area contributed by atoms with E-state index in [4.69, 9.17) is 9.52 Å². The number of Topliss-reactive ketones (excluding diaryl/α,β-unsaturated/α-hetero) is 1. The minimum Gasteiger partial charge on any atom is -0.475 e. The van der Waals surface area contributed by atoms with Gasteiger partial charge in [0.1, 0.15) is 6.26 Å². The maximum Gasteiger partial charge on any atom is 0.377 e. The summed E-state index contributed by atoms with van der Waals surface area (Å²) in [6, 6.07) is 6.13. The maximum atomic E-state index is 11.2. The summed E-state index contributed by atoms with van der Waals surface area (Å²) in [6.45, 7) is 0. The van der Waals surface area contributed by atoms with E-state index >= 15 is 0 Å². The zero-order valence-electron chi connectivity index (χ0n) is 8.08. The van der Waals surface area contributed by atoms with Gasteiger partial charge in [0.15, 0.2) is 0 Å². The average molecular weight is 217 g/mol. The van der Waals surface area contributed by atoms with E-state index in [1.807, 2.05) is 0 Å². The Morgan fingerprint density at radius 3 is 2.75 bits per heavy atom.